The maximum Gasteiger partial charge on any atom is 0.266 e. The van der Waals surface area contributed by atoms with Gasteiger partial charge < -0.3 is 5.32 Å². The zero-order valence-electron chi connectivity index (χ0n) is 15.9. The number of hydrogen-bond donors (Lipinski definition) is 1. The van der Waals surface area contributed by atoms with Crippen LogP contribution in [-0.2, 0) is 16.0 Å². The van der Waals surface area contributed by atoms with Crippen molar-refractivity contribution < 1.29 is 9.59 Å². The second-order valence-electron chi connectivity index (χ2n) is 6.55. The van der Waals surface area contributed by atoms with Crippen LogP contribution >= 0.6 is 24.0 Å². The fraction of sp³-hybridized carbons (Fsp3) is 0.227. The number of thioether (sulfide) groups is 1. The molecule has 1 N–H and O–H groups in total. The van der Waals surface area contributed by atoms with Gasteiger partial charge in [-0.15, -0.1) is 0 Å². The summed E-state index contributed by atoms with van der Waals surface area (Å²) in [5.41, 5.74) is 4.03. The highest BCUT2D eigenvalue weighted by Gasteiger charge is 2.32. The van der Waals surface area contributed by atoms with Crippen molar-refractivity contribution in [3.8, 4) is 0 Å². The predicted molar refractivity (Wildman–Crippen MR) is 120 cm³/mol. The minimum Gasteiger partial charge on any atom is -0.326 e. The summed E-state index contributed by atoms with van der Waals surface area (Å²) in [5, 5.41) is 2.93. The van der Waals surface area contributed by atoms with E-state index in [0.717, 1.165) is 23.2 Å². The van der Waals surface area contributed by atoms with Gasteiger partial charge in [-0.25, -0.2) is 0 Å². The Kier molecular flexibility index (Phi) is 6.65. The van der Waals surface area contributed by atoms with Crippen molar-refractivity contribution in [3.63, 3.8) is 0 Å². The summed E-state index contributed by atoms with van der Waals surface area (Å²) in [6, 6.07) is 15.7. The number of para-hydroxylation sites is 1. The third kappa shape index (κ3) is 4.88. The second-order valence-corrected chi connectivity index (χ2v) is 8.23. The van der Waals surface area contributed by atoms with Crippen molar-refractivity contribution >= 4 is 51.9 Å². The third-order valence-electron chi connectivity index (χ3n) is 4.48. The van der Waals surface area contributed by atoms with Crippen molar-refractivity contribution in [1.82, 2.24) is 4.90 Å². The first-order valence-electron chi connectivity index (χ1n) is 9.17. The van der Waals surface area contributed by atoms with E-state index < -0.39 is 0 Å². The number of nitrogens with zero attached hydrogens (tertiary/aromatic N) is 1. The highest BCUT2D eigenvalue weighted by Crippen LogP contribution is 2.32. The van der Waals surface area contributed by atoms with Gasteiger partial charge in [0.2, 0.25) is 5.91 Å². The maximum atomic E-state index is 12.7. The molecule has 6 heteroatoms. The predicted octanol–water partition coefficient (Wildman–Crippen LogP) is 4.79. The summed E-state index contributed by atoms with van der Waals surface area (Å²) in [5.74, 6) is -0.269. The van der Waals surface area contributed by atoms with Crippen LogP contribution in [0.1, 0.15) is 30.0 Å². The van der Waals surface area contributed by atoms with Crippen molar-refractivity contribution in [2.45, 2.75) is 26.7 Å². The largest absolute Gasteiger partial charge is 0.326 e. The molecule has 1 fully saturated rings. The van der Waals surface area contributed by atoms with E-state index in [0.29, 0.717) is 9.23 Å². The van der Waals surface area contributed by atoms with Gasteiger partial charge in [-0.1, -0.05) is 78.9 Å². The van der Waals surface area contributed by atoms with Crippen molar-refractivity contribution in [3.05, 3.63) is 70.1 Å². The van der Waals surface area contributed by atoms with Crippen LogP contribution in [0.4, 0.5) is 5.69 Å². The number of carbonyl (C=O) groups is 2. The van der Waals surface area contributed by atoms with Gasteiger partial charge in [0.05, 0.1) is 4.91 Å². The summed E-state index contributed by atoms with van der Waals surface area (Å²) in [6.07, 6.45) is 2.88. The Hall–Kier alpha value is -2.44. The molecule has 2 aromatic carbocycles. The molecule has 0 saturated carbocycles. The molecule has 0 aliphatic carbocycles. The molecule has 0 atom stereocenters. The quantitative estimate of drug-likeness (QED) is 0.550. The van der Waals surface area contributed by atoms with Crippen LogP contribution in [0.15, 0.2) is 53.4 Å². The van der Waals surface area contributed by atoms with Gasteiger partial charge in [-0.2, -0.15) is 0 Å². The highest BCUT2D eigenvalue weighted by atomic mass is 32.2. The van der Waals surface area contributed by atoms with Crippen LogP contribution in [0.25, 0.3) is 6.08 Å². The molecule has 144 valence electrons. The normalized spacial score (nSPS) is 15.4. The maximum absolute atomic E-state index is 12.7. The van der Waals surface area contributed by atoms with Crippen LogP contribution in [-0.4, -0.2) is 27.6 Å². The number of aryl methyl sites for hydroxylation is 2. The number of carbonyl (C=O) groups excluding carboxylic acids is 2. The molecule has 2 aromatic rings. The Morgan fingerprint density at radius 1 is 1.18 bits per heavy atom. The lowest BCUT2D eigenvalue weighted by molar-refractivity contribution is -0.122. The topological polar surface area (TPSA) is 49.4 Å². The Bertz CT molecular complexity index is 936. The van der Waals surface area contributed by atoms with E-state index in [-0.39, 0.29) is 24.8 Å². The van der Waals surface area contributed by atoms with E-state index in [2.05, 4.69) is 5.32 Å². The van der Waals surface area contributed by atoms with E-state index in [1.807, 2.05) is 68.5 Å². The minimum absolute atomic E-state index is 0.127. The number of amides is 2. The monoisotopic (exact) mass is 410 g/mol. The first kappa shape index (κ1) is 20.3. The average Bonchev–Trinajstić information content (AvgIpc) is 2.95. The lowest BCUT2D eigenvalue weighted by atomic mass is 10.1. The fourth-order valence-corrected chi connectivity index (χ4v) is 4.19. The van der Waals surface area contributed by atoms with Gasteiger partial charge in [0.1, 0.15) is 4.32 Å². The smallest absolute Gasteiger partial charge is 0.266 e. The van der Waals surface area contributed by atoms with Crippen LogP contribution < -0.4 is 5.32 Å². The van der Waals surface area contributed by atoms with E-state index in [1.165, 1.54) is 22.2 Å². The van der Waals surface area contributed by atoms with Gasteiger partial charge in [-0.05, 0) is 36.6 Å². The van der Waals surface area contributed by atoms with E-state index in [1.54, 1.807) is 0 Å². The summed E-state index contributed by atoms with van der Waals surface area (Å²) in [4.78, 5) is 27.1. The number of thiocarbonyl (C=S) groups is 1. The highest BCUT2D eigenvalue weighted by molar-refractivity contribution is 8.26. The number of benzene rings is 2. The van der Waals surface area contributed by atoms with Crippen molar-refractivity contribution in [2.24, 2.45) is 0 Å². The molecule has 3 rings (SSSR count). The number of hydrogen-bond acceptors (Lipinski definition) is 4. The molecule has 0 unspecified atom stereocenters. The van der Waals surface area contributed by atoms with Crippen molar-refractivity contribution in [1.29, 1.82) is 0 Å². The molecule has 28 heavy (non-hydrogen) atoms. The summed E-state index contributed by atoms with van der Waals surface area (Å²) < 4.78 is 0.491. The Labute approximate surface area is 175 Å². The van der Waals surface area contributed by atoms with Gasteiger partial charge >= 0.3 is 0 Å². The van der Waals surface area contributed by atoms with Crippen molar-refractivity contribution in [2.75, 3.05) is 11.9 Å². The molecule has 4 nitrogen and oxygen atoms in total. The molecule has 1 aliphatic heterocycles. The average molecular weight is 411 g/mol. The lowest BCUT2D eigenvalue weighted by Crippen LogP contribution is -2.31. The second kappa shape index (κ2) is 9.17. The summed E-state index contributed by atoms with van der Waals surface area (Å²) in [6.45, 7) is 4.34. The molecule has 1 aliphatic rings. The number of rotatable bonds is 6. The van der Waals surface area contributed by atoms with E-state index in [9.17, 15) is 9.59 Å². The SMILES string of the molecule is CCc1ccccc1NC(=O)CCN1C(=O)C(=Cc2ccc(C)cc2)SC1=S. The first-order chi connectivity index (χ1) is 13.5. The fourth-order valence-electron chi connectivity index (χ4n) is 2.88. The van der Waals surface area contributed by atoms with Crippen LogP contribution in [0.2, 0.25) is 0 Å². The van der Waals surface area contributed by atoms with Crippen LogP contribution in [0, 0.1) is 6.92 Å². The standard InChI is InChI=1S/C22H22N2O2S2/c1-3-17-6-4-5-7-18(17)23-20(25)12-13-24-21(26)19(28-22(24)27)14-16-10-8-15(2)9-11-16/h4-11,14H,3,12-13H2,1-2H3,(H,23,25). The molecule has 1 heterocycles. The van der Waals surface area contributed by atoms with Gasteiger partial charge in [-0.3, -0.25) is 14.5 Å². The van der Waals surface area contributed by atoms with E-state index in [4.69, 9.17) is 12.2 Å². The zero-order chi connectivity index (χ0) is 20.1. The Morgan fingerprint density at radius 3 is 2.61 bits per heavy atom. The van der Waals surface area contributed by atoms with E-state index >= 15 is 0 Å². The first-order valence-corrected chi connectivity index (χ1v) is 10.4. The molecule has 2 amide bonds. The minimum atomic E-state index is -0.141. The van der Waals surface area contributed by atoms with Gasteiger partial charge in [0.15, 0.2) is 0 Å². The zero-order valence-corrected chi connectivity index (χ0v) is 17.5. The molecule has 0 aromatic heterocycles. The molecular weight excluding hydrogens is 388 g/mol. The molecular formula is C22H22N2O2S2. The summed E-state index contributed by atoms with van der Waals surface area (Å²) >= 11 is 6.63. The van der Waals surface area contributed by atoms with Gasteiger partial charge in [0.25, 0.3) is 5.91 Å². The number of anilines is 1. The molecule has 1 saturated heterocycles. The molecule has 0 spiro atoms. The third-order valence-corrected chi connectivity index (χ3v) is 5.86. The summed E-state index contributed by atoms with van der Waals surface area (Å²) in [7, 11) is 0. The molecule has 0 bridgehead atoms. The molecule has 0 radical (unpaired) electrons. The van der Waals surface area contributed by atoms with Gasteiger partial charge in [0, 0.05) is 18.7 Å². The number of nitrogens with one attached hydrogen (secondary N) is 1. The van der Waals surface area contributed by atoms with Crippen LogP contribution in [0.5, 0.6) is 0 Å². The lowest BCUT2D eigenvalue weighted by Gasteiger charge is -2.15. The van der Waals surface area contributed by atoms with Crippen LogP contribution in [0.3, 0.4) is 0 Å². The Morgan fingerprint density at radius 2 is 1.89 bits per heavy atom. The Balaban J connectivity index is 1.61.